The number of carbonyl (C=O) groups excluding carboxylic acids is 1. The predicted octanol–water partition coefficient (Wildman–Crippen LogP) is 2.81. The largest absolute Gasteiger partial charge is 0.389 e. The van der Waals surface area contributed by atoms with Gasteiger partial charge in [0.05, 0.1) is 0 Å². The van der Waals surface area contributed by atoms with E-state index in [0.717, 1.165) is 31.2 Å². The average molecular weight is 315 g/mol. The number of amides is 1. The summed E-state index contributed by atoms with van der Waals surface area (Å²) in [5.41, 5.74) is 1.09. The third kappa shape index (κ3) is 5.74. The zero-order chi connectivity index (χ0) is 16.5. The van der Waals surface area contributed by atoms with E-state index in [4.69, 9.17) is 5.26 Å². The molecule has 23 heavy (non-hydrogen) atoms. The van der Waals surface area contributed by atoms with Crippen LogP contribution in [0.1, 0.15) is 37.7 Å². The molecule has 5 heteroatoms. The van der Waals surface area contributed by atoms with Crippen LogP contribution in [0, 0.1) is 17.1 Å². The molecule has 0 saturated heterocycles. The fraction of sp³-hybridized carbons (Fsp3) is 0.444. The van der Waals surface area contributed by atoms with Gasteiger partial charge < -0.3 is 10.6 Å². The number of halogens is 1. The smallest absolute Gasteiger partial charge is 0.263 e. The van der Waals surface area contributed by atoms with Crippen molar-refractivity contribution < 1.29 is 9.18 Å². The van der Waals surface area contributed by atoms with Crippen LogP contribution in [0.3, 0.4) is 0 Å². The molecule has 2 rings (SSSR count). The van der Waals surface area contributed by atoms with E-state index < -0.39 is 0 Å². The quantitative estimate of drug-likeness (QED) is 0.482. The molecule has 0 radical (unpaired) electrons. The van der Waals surface area contributed by atoms with Crippen molar-refractivity contribution in [2.45, 2.75) is 44.6 Å². The van der Waals surface area contributed by atoms with Gasteiger partial charge in [0.25, 0.3) is 5.91 Å². The molecular weight excluding hydrogens is 293 g/mol. The molecule has 1 aliphatic rings. The molecule has 0 atom stereocenters. The maximum absolute atomic E-state index is 12.8. The highest BCUT2D eigenvalue weighted by atomic mass is 19.1. The zero-order valence-corrected chi connectivity index (χ0v) is 13.1. The highest BCUT2D eigenvalue weighted by Crippen LogP contribution is 2.17. The first-order chi connectivity index (χ1) is 11.2. The Labute approximate surface area is 136 Å². The monoisotopic (exact) mass is 315 g/mol. The Bertz CT molecular complexity index is 583. The number of nitriles is 1. The van der Waals surface area contributed by atoms with Crippen molar-refractivity contribution >= 4 is 5.91 Å². The van der Waals surface area contributed by atoms with Gasteiger partial charge in [0.2, 0.25) is 0 Å². The summed E-state index contributed by atoms with van der Waals surface area (Å²) in [5.74, 6) is -0.568. The minimum absolute atomic E-state index is 0.0923. The second kappa shape index (κ2) is 8.94. The summed E-state index contributed by atoms with van der Waals surface area (Å²) in [7, 11) is 0. The van der Waals surface area contributed by atoms with Crippen LogP contribution in [0.5, 0.6) is 0 Å². The van der Waals surface area contributed by atoms with Crippen LogP contribution in [0.4, 0.5) is 4.39 Å². The van der Waals surface area contributed by atoms with Crippen molar-refractivity contribution in [1.29, 1.82) is 5.26 Å². The Kier molecular flexibility index (Phi) is 6.61. The molecule has 2 N–H and O–H groups in total. The van der Waals surface area contributed by atoms with Gasteiger partial charge >= 0.3 is 0 Å². The van der Waals surface area contributed by atoms with E-state index in [2.05, 4.69) is 10.6 Å². The van der Waals surface area contributed by atoms with E-state index in [0.29, 0.717) is 13.0 Å². The van der Waals surface area contributed by atoms with Crippen LogP contribution < -0.4 is 10.6 Å². The van der Waals surface area contributed by atoms with Gasteiger partial charge in [0.1, 0.15) is 17.5 Å². The highest BCUT2D eigenvalue weighted by molar-refractivity contribution is 5.97. The topological polar surface area (TPSA) is 64.9 Å². The molecule has 122 valence electrons. The summed E-state index contributed by atoms with van der Waals surface area (Å²) in [6.45, 7) is 0.577. The summed E-state index contributed by atoms with van der Waals surface area (Å²) in [6.07, 6.45) is 7.61. The number of nitrogens with one attached hydrogen (secondary N) is 2. The summed E-state index contributed by atoms with van der Waals surface area (Å²) in [5, 5.41) is 15.0. The van der Waals surface area contributed by atoms with Crippen LogP contribution in [0.25, 0.3) is 0 Å². The first-order valence-electron chi connectivity index (χ1n) is 8.08. The third-order valence-corrected chi connectivity index (χ3v) is 4.02. The standard InChI is InChI=1S/C18H22FN3O/c19-16-8-6-14(7-9-16)10-11-21-13-15(12-20)18(23)22-17-4-2-1-3-5-17/h6-9,13,17,21H,1-5,10-11H2,(H,22,23)/b15-13-. The minimum Gasteiger partial charge on any atom is -0.389 e. The lowest BCUT2D eigenvalue weighted by molar-refractivity contribution is -0.118. The molecule has 1 amide bonds. The number of rotatable bonds is 6. The highest BCUT2D eigenvalue weighted by Gasteiger charge is 2.17. The number of nitrogens with zero attached hydrogens (tertiary/aromatic N) is 1. The lowest BCUT2D eigenvalue weighted by atomic mass is 9.95. The predicted molar refractivity (Wildman–Crippen MR) is 86.8 cm³/mol. The summed E-state index contributed by atoms with van der Waals surface area (Å²) in [4.78, 5) is 12.1. The Morgan fingerprint density at radius 1 is 1.26 bits per heavy atom. The van der Waals surface area contributed by atoms with Gasteiger partial charge in [-0.15, -0.1) is 0 Å². The van der Waals surface area contributed by atoms with E-state index >= 15 is 0 Å². The molecule has 0 unspecified atom stereocenters. The molecule has 1 saturated carbocycles. The first kappa shape index (κ1) is 17.0. The summed E-state index contributed by atoms with van der Waals surface area (Å²) in [6, 6.07) is 8.41. The van der Waals surface area contributed by atoms with E-state index in [-0.39, 0.29) is 23.3 Å². The summed E-state index contributed by atoms with van der Waals surface area (Å²) >= 11 is 0. The first-order valence-corrected chi connectivity index (χ1v) is 8.08. The SMILES string of the molecule is N#C/C(=C/NCCc1ccc(F)cc1)C(=O)NC1CCCCC1. The molecule has 0 spiro atoms. The Morgan fingerprint density at radius 3 is 2.61 bits per heavy atom. The molecule has 1 aliphatic carbocycles. The van der Waals surface area contributed by atoms with Crippen LogP contribution >= 0.6 is 0 Å². The Morgan fingerprint density at radius 2 is 1.96 bits per heavy atom. The van der Waals surface area contributed by atoms with Gasteiger partial charge in [0.15, 0.2) is 0 Å². The van der Waals surface area contributed by atoms with E-state index in [1.807, 2.05) is 6.07 Å². The molecule has 0 aromatic heterocycles. The summed E-state index contributed by atoms with van der Waals surface area (Å²) < 4.78 is 12.8. The van der Waals surface area contributed by atoms with Crippen LogP contribution in [0.15, 0.2) is 36.0 Å². The second-order valence-corrected chi connectivity index (χ2v) is 5.81. The number of benzene rings is 1. The molecule has 1 fully saturated rings. The van der Waals surface area contributed by atoms with Crippen LogP contribution in [-0.4, -0.2) is 18.5 Å². The van der Waals surface area contributed by atoms with Crippen molar-refractivity contribution in [3.8, 4) is 6.07 Å². The molecular formula is C18H22FN3O. The van der Waals surface area contributed by atoms with E-state index in [9.17, 15) is 9.18 Å². The lowest BCUT2D eigenvalue weighted by Crippen LogP contribution is -2.37. The van der Waals surface area contributed by atoms with E-state index in [1.54, 1.807) is 12.1 Å². The number of carbonyl (C=O) groups is 1. The van der Waals surface area contributed by atoms with E-state index in [1.165, 1.54) is 24.8 Å². The molecule has 0 aliphatic heterocycles. The maximum Gasteiger partial charge on any atom is 0.263 e. The maximum atomic E-state index is 12.8. The average Bonchev–Trinajstić information content (AvgIpc) is 2.57. The van der Waals surface area contributed by atoms with Crippen molar-refractivity contribution in [2.24, 2.45) is 0 Å². The fourth-order valence-corrected chi connectivity index (χ4v) is 2.70. The zero-order valence-electron chi connectivity index (χ0n) is 13.1. The fourth-order valence-electron chi connectivity index (χ4n) is 2.70. The van der Waals surface area contributed by atoms with Crippen molar-refractivity contribution in [3.05, 3.63) is 47.4 Å². The third-order valence-electron chi connectivity index (χ3n) is 4.02. The number of hydrogen-bond donors (Lipinski definition) is 2. The Balaban J connectivity index is 1.77. The van der Waals surface area contributed by atoms with Gasteiger partial charge in [-0.2, -0.15) is 5.26 Å². The van der Waals surface area contributed by atoms with Gasteiger partial charge in [-0.25, -0.2) is 4.39 Å². The van der Waals surface area contributed by atoms with Crippen LogP contribution in [0.2, 0.25) is 0 Å². The van der Waals surface area contributed by atoms with Crippen molar-refractivity contribution in [2.75, 3.05) is 6.54 Å². The number of hydrogen-bond acceptors (Lipinski definition) is 3. The molecule has 1 aromatic carbocycles. The van der Waals surface area contributed by atoms with Crippen molar-refractivity contribution in [1.82, 2.24) is 10.6 Å². The van der Waals surface area contributed by atoms with Gasteiger partial charge in [-0.1, -0.05) is 31.4 Å². The molecule has 0 heterocycles. The normalized spacial score (nSPS) is 15.7. The molecule has 1 aromatic rings. The van der Waals surface area contributed by atoms with Gasteiger partial charge in [-0.3, -0.25) is 4.79 Å². The lowest BCUT2D eigenvalue weighted by Gasteiger charge is -2.22. The van der Waals surface area contributed by atoms with Gasteiger partial charge in [-0.05, 0) is 37.0 Å². The van der Waals surface area contributed by atoms with Crippen LogP contribution in [-0.2, 0) is 11.2 Å². The minimum atomic E-state index is -0.311. The molecule has 4 nitrogen and oxygen atoms in total. The Hall–Kier alpha value is -2.35. The second-order valence-electron chi connectivity index (χ2n) is 5.81. The van der Waals surface area contributed by atoms with Gasteiger partial charge in [0, 0.05) is 18.8 Å². The van der Waals surface area contributed by atoms with Crippen molar-refractivity contribution in [3.63, 3.8) is 0 Å². The molecule has 0 bridgehead atoms.